The third-order valence-corrected chi connectivity index (χ3v) is 6.69. The van der Waals surface area contributed by atoms with Gasteiger partial charge in [-0.3, -0.25) is 19.0 Å². The Bertz CT molecular complexity index is 1600. The molecule has 2 aromatic carbocycles. The Kier molecular flexibility index (Phi) is 7.61. The van der Waals surface area contributed by atoms with Gasteiger partial charge in [0, 0.05) is 17.3 Å². The summed E-state index contributed by atoms with van der Waals surface area (Å²) in [5.74, 6) is -0.801. The highest BCUT2D eigenvalue weighted by molar-refractivity contribution is 5.95. The number of carbonyl (C=O) groups is 1. The fourth-order valence-corrected chi connectivity index (χ4v) is 4.63. The average Bonchev–Trinajstić information content (AvgIpc) is 2.96. The standard InChI is InChI=1S/C30H29FN4O5/c1-30(2)29-33-25(26(28(37)35(29)14-15-40-30)39-19-20-8-5-4-6-9-20)27(36)32-17-21-11-12-23(31)16-24(21)22-10-7-13-34(18-22)38-3/h4-13,16,18H,14-15,17,19H2,1-3H3/p+1. The van der Waals surface area contributed by atoms with Crippen LogP contribution in [0.25, 0.3) is 11.1 Å². The smallest absolute Gasteiger partial charge is 0.296 e. The van der Waals surface area contributed by atoms with Crippen LogP contribution in [0.15, 0.2) is 77.9 Å². The van der Waals surface area contributed by atoms with Crippen molar-refractivity contribution < 1.29 is 28.2 Å². The van der Waals surface area contributed by atoms with Gasteiger partial charge >= 0.3 is 0 Å². The van der Waals surface area contributed by atoms with Crippen LogP contribution in [0.5, 0.6) is 5.75 Å². The number of amides is 1. The van der Waals surface area contributed by atoms with Gasteiger partial charge in [0.05, 0.1) is 18.7 Å². The van der Waals surface area contributed by atoms with Gasteiger partial charge in [0.15, 0.2) is 5.69 Å². The van der Waals surface area contributed by atoms with Gasteiger partial charge in [0.2, 0.25) is 18.1 Å². The van der Waals surface area contributed by atoms with E-state index in [1.54, 1.807) is 38.4 Å². The van der Waals surface area contributed by atoms with Crippen molar-refractivity contribution in [3.05, 3.63) is 112 Å². The van der Waals surface area contributed by atoms with E-state index < -0.39 is 22.9 Å². The van der Waals surface area contributed by atoms with E-state index >= 15 is 0 Å². The quantitative estimate of drug-likeness (QED) is 0.342. The van der Waals surface area contributed by atoms with Crippen molar-refractivity contribution in [2.45, 2.75) is 39.1 Å². The fraction of sp³-hybridized carbons (Fsp3) is 0.267. The van der Waals surface area contributed by atoms with E-state index in [-0.39, 0.29) is 24.6 Å². The first kappa shape index (κ1) is 27.0. The van der Waals surface area contributed by atoms with Crippen molar-refractivity contribution in [2.24, 2.45) is 0 Å². The Balaban J connectivity index is 1.48. The first-order valence-corrected chi connectivity index (χ1v) is 12.9. The number of halogens is 1. The maximum absolute atomic E-state index is 14.2. The molecule has 2 aromatic heterocycles. The molecular formula is C30H30FN4O5+. The van der Waals surface area contributed by atoms with Crippen LogP contribution >= 0.6 is 0 Å². The molecule has 0 aliphatic carbocycles. The maximum atomic E-state index is 14.2. The highest BCUT2D eigenvalue weighted by atomic mass is 19.1. The van der Waals surface area contributed by atoms with Crippen LogP contribution in [-0.2, 0) is 30.0 Å². The van der Waals surface area contributed by atoms with Crippen LogP contribution in [0.4, 0.5) is 4.39 Å². The number of nitrogens with zero attached hydrogens (tertiary/aromatic N) is 3. The molecule has 1 N–H and O–H groups in total. The molecule has 1 aliphatic rings. The number of fused-ring (bicyclic) bond motifs is 1. The van der Waals surface area contributed by atoms with Crippen molar-refractivity contribution >= 4 is 5.91 Å². The topological polar surface area (TPSA) is 95.6 Å². The number of nitrogens with one attached hydrogen (secondary N) is 1. The zero-order valence-corrected chi connectivity index (χ0v) is 22.5. The third-order valence-electron chi connectivity index (χ3n) is 6.69. The summed E-state index contributed by atoms with van der Waals surface area (Å²) in [7, 11) is 1.52. The van der Waals surface area contributed by atoms with E-state index in [9.17, 15) is 14.0 Å². The SMILES string of the molecule is CO[n+]1cccc(-c2cc(F)ccc2CNC(=O)c2nc3n(c(=O)c2OCc2ccccc2)CCOC3(C)C)c1. The second-order valence-electron chi connectivity index (χ2n) is 9.82. The highest BCUT2D eigenvalue weighted by Crippen LogP contribution is 2.28. The number of hydrogen-bond donors (Lipinski definition) is 1. The lowest BCUT2D eigenvalue weighted by Gasteiger charge is -2.32. The lowest BCUT2D eigenvalue weighted by molar-refractivity contribution is -0.885. The van der Waals surface area contributed by atoms with Crippen molar-refractivity contribution in [3.8, 4) is 16.9 Å². The van der Waals surface area contributed by atoms with E-state index in [0.29, 0.717) is 35.7 Å². The summed E-state index contributed by atoms with van der Waals surface area (Å²) in [5, 5.41) is 2.84. The lowest BCUT2D eigenvalue weighted by atomic mass is 10.0. The van der Waals surface area contributed by atoms with Gasteiger partial charge in [0.1, 0.15) is 31.0 Å². The molecule has 10 heteroatoms. The molecular weight excluding hydrogens is 515 g/mol. The summed E-state index contributed by atoms with van der Waals surface area (Å²) in [6.45, 7) is 4.37. The minimum Gasteiger partial charge on any atom is -0.481 e. The van der Waals surface area contributed by atoms with Crippen LogP contribution in [0.2, 0.25) is 0 Å². The zero-order chi connectivity index (χ0) is 28.3. The average molecular weight is 546 g/mol. The predicted molar refractivity (Wildman–Crippen MR) is 144 cm³/mol. The van der Waals surface area contributed by atoms with Crippen LogP contribution in [0, 0.1) is 5.82 Å². The van der Waals surface area contributed by atoms with Crippen LogP contribution in [0.3, 0.4) is 0 Å². The molecule has 0 bridgehead atoms. The van der Waals surface area contributed by atoms with Crippen LogP contribution < -0.4 is 25.2 Å². The van der Waals surface area contributed by atoms with E-state index in [0.717, 1.165) is 5.56 Å². The zero-order valence-electron chi connectivity index (χ0n) is 22.5. The number of carbonyl (C=O) groups excluding carboxylic acids is 1. The van der Waals surface area contributed by atoms with Gasteiger partial charge in [-0.15, -0.1) is 0 Å². The molecule has 40 heavy (non-hydrogen) atoms. The Hall–Kier alpha value is -4.57. The second-order valence-corrected chi connectivity index (χ2v) is 9.82. The predicted octanol–water partition coefficient (Wildman–Crippen LogP) is 3.17. The van der Waals surface area contributed by atoms with E-state index in [4.69, 9.17) is 14.3 Å². The monoisotopic (exact) mass is 545 g/mol. The Morgan fingerprint density at radius 1 is 1.18 bits per heavy atom. The van der Waals surface area contributed by atoms with E-state index in [1.165, 1.54) is 28.5 Å². The number of pyridine rings is 1. The lowest BCUT2D eigenvalue weighted by Crippen LogP contribution is -2.43. The molecule has 5 rings (SSSR count). The van der Waals surface area contributed by atoms with Gasteiger partial charge in [0.25, 0.3) is 11.5 Å². The first-order chi connectivity index (χ1) is 19.3. The van der Waals surface area contributed by atoms with Crippen molar-refractivity contribution in [1.82, 2.24) is 14.9 Å². The summed E-state index contributed by atoms with van der Waals surface area (Å²) < 4.78 is 29.0. The van der Waals surface area contributed by atoms with Crippen molar-refractivity contribution in [2.75, 3.05) is 13.7 Å². The number of rotatable bonds is 8. The number of benzene rings is 2. The summed E-state index contributed by atoms with van der Waals surface area (Å²) in [5.41, 5.74) is 1.33. The van der Waals surface area contributed by atoms with Gasteiger partial charge in [-0.25, -0.2) is 9.37 Å². The van der Waals surface area contributed by atoms with E-state index in [2.05, 4.69) is 10.3 Å². The molecule has 4 aromatic rings. The first-order valence-electron chi connectivity index (χ1n) is 12.9. The Morgan fingerprint density at radius 2 is 1.98 bits per heavy atom. The van der Waals surface area contributed by atoms with Crippen molar-refractivity contribution in [1.29, 1.82) is 0 Å². The summed E-state index contributed by atoms with van der Waals surface area (Å²) in [6, 6.07) is 17.3. The van der Waals surface area contributed by atoms with Gasteiger partial charge < -0.3 is 14.8 Å². The van der Waals surface area contributed by atoms with Gasteiger partial charge in [-0.1, -0.05) is 36.4 Å². The van der Waals surface area contributed by atoms with Crippen LogP contribution in [-0.4, -0.2) is 29.2 Å². The molecule has 3 heterocycles. The van der Waals surface area contributed by atoms with Gasteiger partial charge in [-0.05, 0) is 48.7 Å². The summed E-state index contributed by atoms with van der Waals surface area (Å²) in [4.78, 5) is 37.0. The molecule has 9 nitrogen and oxygen atoms in total. The highest BCUT2D eigenvalue weighted by Gasteiger charge is 2.35. The molecule has 0 atom stereocenters. The fourth-order valence-electron chi connectivity index (χ4n) is 4.63. The minimum atomic E-state index is -0.876. The molecule has 0 fully saturated rings. The van der Waals surface area contributed by atoms with Gasteiger partial charge in [-0.2, -0.15) is 0 Å². The Labute approximate surface area is 230 Å². The maximum Gasteiger partial charge on any atom is 0.296 e. The second kappa shape index (κ2) is 11.3. The van der Waals surface area contributed by atoms with Crippen molar-refractivity contribution in [3.63, 3.8) is 0 Å². The molecule has 0 saturated heterocycles. The number of ether oxygens (including phenoxy) is 2. The molecule has 1 aliphatic heterocycles. The number of aromatic nitrogens is 3. The summed E-state index contributed by atoms with van der Waals surface area (Å²) >= 11 is 0. The minimum absolute atomic E-state index is 0.0500. The molecule has 0 unspecified atom stereocenters. The largest absolute Gasteiger partial charge is 0.481 e. The molecule has 0 spiro atoms. The summed E-state index contributed by atoms with van der Waals surface area (Å²) in [6.07, 6.45) is 3.43. The van der Waals surface area contributed by atoms with Crippen LogP contribution in [0.1, 0.15) is 41.3 Å². The van der Waals surface area contributed by atoms with E-state index in [1.807, 2.05) is 36.4 Å². The molecule has 0 saturated carbocycles. The molecule has 206 valence electrons. The molecule has 1 amide bonds. The molecule has 0 radical (unpaired) electrons. The number of hydrogen-bond acceptors (Lipinski definition) is 6. The third kappa shape index (κ3) is 5.57. The normalized spacial score (nSPS) is 13.8. The Morgan fingerprint density at radius 3 is 2.75 bits per heavy atom.